The van der Waals surface area contributed by atoms with Gasteiger partial charge in [-0.2, -0.15) is 5.26 Å². The second kappa shape index (κ2) is 7.35. The summed E-state index contributed by atoms with van der Waals surface area (Å²) < 4.78 is 13.7. The number of hydrogen-bond donors (Lipinski definition) is 0. The van der Waals surface area contributed by atoms with Crippen LogP contribution >= 0.6 is 0 Å². The second-order valence-electron chi connectivity index (χ2n) is 4.89. The van der Waals surface area contributed by atoms with Crippen molar-refractivity contribution in [1.29, 1.82) is 5.26 Å². The molecule has 21 heavy (non-hydrogen) atoms. The van der Waals surface area contributed by atoms with Crippen molar-refractivity contribution in [2.45, 2.75) is 25.2 Å². The molecule has 0 radical (unpaired) electrons. The minimum Gasteiger partial charge on any atom is -0.298 e. The highest BCUT2D eigenvalue weighted by Crippen LogP contribution is 2.21. The Balaban J connectivity index is 1.96. The summed E-state index contributed by atoms with van der Waals surface area (Å²) in [5.41, 5.74) is 1.33. The number of ketones is 1. The molecular weight excluding hydrogens is 265 g/mol. The predicted octanol–water partition coefficient (Wildman–Crippen LogP) is 4.02. The molecule has 2 rings (SSSR count). The SMILES string of the molecule is N#CC(C(=O)CCCc1ccccc1)c1ccccc1F. The molecule has 0 heterocycles. The molecule has 1 atom stereocenters. The normalized spacial score (nSPS) is 11.6. The Hall–Kier alpha value is -2.47. The van der Waals surface area contributed by atoms with Crippen LogP contribution in [0, 0.1) is 17.1 Å². The van der Waals surface area contributed by atoms with Gasteiger partial charge in [0.15, 0.2) is 5.78 Å². The number of benzene rings is 2. The number of nitrogens with zero attached hydrogens (tertiary/aromatic N) is 1. The first-order chi connectivity index (χ1) is 10.2. The number of halogens is 1. The first-order valence-electron chi connectivity index (χ1n) is 6.93. The van der Waals surface area contributed by atoms with Gasteiger partial charge in [0, 0.05) is 12.0 Å². The van der Waals surface area contributed by atoms with Gasteiger partial charge < -0.3 is 0 Å². The summed E-state index contributed by atoms with van der Waals surface area (Å²) in [5, 5.41) is 9.15. The van der Waals surface area contributed by atoms with Gasteiger partial charge >= 0.3 is 0 Å². The Kier molecular flexibility index (Phi) is 5.22. The highest BCUT2D eigenvalue weighted by atomic mass is 19.1. The van der Waals surface area contributed by atoms with Crippen LogP contribution in [0.1, 0.15) is 29.9 Å². The number of rotatable bonds is 6. The maximum Gasteiger partial charge on any atom is 0.154 e. The maximum atomic E-state index is 13.7. The van der Waals surface area contributed by atoms with Gasteiger partial charge in [-0.1, -0.05) is 48.5 Å². The van der Waals surface area contributed by atoms with E-state index in [0.717, 1.165) is 12.0 Å². The predicted molar refractivity (Wildman–Crippen MR) is 79.1 cm³/mol. The van der Waals surface area contributed by atoms with Crippen LogP contribution in [-0.2, 0) is 11.2 Å². The van der Waals surface area contributed by atoms with Gasteiger partial charge in [0.2, 0.25) is 0 Å². The first kappa shape index (κ1) is 14.9. The summed E-state index contributed by atoms with van der Waals surface area (Å²) >= 11 is 0. The lowest BCUT2D eigenvalue weighted by Gasteiger charge is -2.09. The van der Waals surface area contributed by atoms with E-state index in [1.165, 1.54) is 12.1 Å². The summed E-state index contributed by atoms with van der Waals surface area (Å²) in [6, 6.07) is 17.7. The minimum atomic E-state index is -1.01. The molecule has 0 bridgehead atoms. The fourth-order valence-electron chi connectivity index (χ4n) is 2.28. The summed E-state index contributed by atoms with van der Waals surface area (Å²) in [7, 11) is 0. The number of hydrogen-bond acceptors (Lipinski definition) is 2. The molecule has 2 aromatic rings. The van der Waals surface area contributed by atoms with Crippen molar-refractivity contribution in [3.05, 3.63) is 71.5 Å². The summed E-state index contributed by atoms with van der Waals surface area (Å²) in [5.74, 6) is -1.74. The van der Waals surface area contributed by atoms with Crippen LogP contribution in [0.4, 0.5) is 4.39 Å². The van der Waals surface area contributed by atoms with E-state index in [2.05, 4.69) is 0 Å². The average molecular weight is 281 g/mol. The largest absolute Gasteiger partial charge is 0.298 e. The molecule has 0 N–H and O–H groups in total. The Morgan fingerprint density at radius 2 is 1.76 bits per heavy atom. The fraction of sp³-hybridized carbons (Fsp3) is 0.222. The zero-order valence-corrected chi connectivity index (χ0v) is 11.6. The lowest BCUT2D eigenvalue weighted by molar-refractivity contribution is -0.119. The molecule has 0 spiro atoms. The van der Waals surface area contributed by atoms with Gasteiger partial charge in [-0.25, -0.2) is 4.39 Å². The molecule has 3 heteroatoms. The molecule has 0 aliphatic rings. The number of aryl methyl sites for hydroxylation is 1. The van der Waals surface area contributed by atoms with Gasteiger partial charge in [-0.15, -0.1) is 0 Å². The Morgan fingerprint density at radius 1 is 1.10 bits per heavy atom. The van der Waals surface area contributed by atoms with Crippen LogP contribution < -0.4 is 0 Å². The zero-order chi connectivity index (χ0) is 15.1. The van der Waals surface area contributed by atoms with Crippen molar-refractivity contribution in [2.75, 3.05) is 0 Å². The molecule has 106 valence electrons. The molecule has 2 nitrogen and oxygen atoms in total. The minimum absolute atomic E-state index is 0.171. The second-order valence-corrected chi connectivity index (χ2v) is 4.89. The fourth-order valence-corrected chi connectivity index (χ4v) is 2.28. The topological polar surface area (TPSA) is 40.9 Å². The molecule has 2 aromatic carbocycles. The summed E-state index contributed by atoms with van der Waals surface area (Å²) in [6.07, 6.45) is 1.72. The van der Waals surface area contributed by atoms with Crippen molar-refractivity contribution < 1.29 is 9.18 Å². The quantitative estimate of drug-likeness (QED) is 0.802. The Bertz CT molecular complexity index is 646. The van der Waals surface area contributed by atoms with Gasteiger partial charge in [0.25, 0.3) is 0 Å². The van der Waals surface area contributed by atoms with E-state index in [9.17, 15) is 9.18 Å². The molecule has 0 aliphatic carbocycles. The van der Waals surface area contributed by atoms with Crippen LogP contribution in [0.15, 0.2) is 54.6 Å². The van der Waals surface area contributed by atoms with Crippen molar-refractivity contribution in [3.63, 3.8) is 0 Å². The molecule has 0 amide bonds. The smallest absolute Gasteiger partial charge is 0.154 e. The van der Waals surface area contributed by atoms with E-state index < -0.39 is 11.7 Å². The van der Waals surface area contributed by atoms with Gasteiger partial charge in [0.1, 0.15) is 11.7 Å². The van der Waals surface area contributed by atoms with Crippen molar-refractivity contribution in [1.82, 2.24) is 0 Å². The third kappa shape index (κ3) is 4.00. The summed E-state index contributed by atoms with van der Waals surface area (Å²) in [6.45, 7) is 0. The molecular formula is C18H16FNO. The van der Waals surface area contributed by atoms with Crippen molar-refractivity contribution >= 4 is 5.78 Å². The van der Waals surface area contributed by atoms with Gasteiger partial charge in [0.05, 0.1) is 6.07 Å². The van der Waals surface area contributed by atoms with Crippen LogP contribution in [0.3, 0.4) is 0 Å². The third-order valence-corrected chi connectivity index (χ3v) is 3.40. The summed E-state index contributed by atoms with van der Waals surface area (Å²) in [4.78, 5) is 12.1. The number of Topliss-reactive ketones (excluding diaryl/α,β-unsaturated/α-hetero) is 1. The van der Waals surface area contributed by atoms with Gasteiger partial charge in [-0.05, 0) is 24.5 Å². The molecule has 1 unspecified atom stereocenters. The van der Waals surface area contributed by atoms with Crippen molar-refractivity contribution in [2.24, 2.45) is 0 Å². The Morgan fingerprint density at radius 3 is 2.43 bits per heavy atom. The maximum absolute atomic E-state index is 13.7. The Labute approximate surface area is 123 Å². The van der Waals surface area contributed by atoms with Crippen LogP contribution in [0.25, 0.3) is 0 Å². The number of carbonyl (C=O) groups excluding carboxylic acids is 1. The molecule has 0 aliphatic heterocycles. The molecule has 0 saturated heterocycles. The lowest BCUT2D eigenvalue weighted by Crippen LogP contribution is -2.12. The lowest BCUT2D eigenvalue weighted by atomic mass is 9.92. The van der Waals surface area contributed by atoms with E-state index >= 15 is 0 Å². The molecule has 0 fully saturated rings. The number of nitriles is 1. The van der Waals surface area contributed by atoms with Crippen LogP contribution in [0.5, 0.6) is 0 Å². The van der Waals surface area contributed by atoms with Gasteiger partial charge in [-0.3, -0.25) is 4.79 Å². The van der Waals surface area contributed by atoms with E-state index in [1.54, 1.807) is 12.1 Å². The zero-order valence-electron chi connectivity index (χ0n) is 11.6. The molecule has 0 saturated carbocycles. The third-order valence-electron chi connectivity index (χ3n) is 3.40. The standard InChI is InChI=1S/C18H16FNO/c19-17-11-5-4-10-15(17)16(13-20)18(21)12-6-9-14-7-2-1-3-8-14/h1-5,7-8,10-11,16H,6,9,12H2. The van der Waals surface area contributed by atoms with E-state index in [-0.39, 0.29) is 17.8 Å². The molecule has 0 aromatic heterocycles. The van der Waals surface area contributed by atoms with E-state index in [1.807, 2.05) is 36.4 Å². The highest BCUT2D eigenvalue weighted by Gasteiger charge is 2.22. The van der Waals surface area contributed by atoms with Crippen molar-refractivity contribution in [3.8, 4) is 6.07 Å². The van der Waals surface area contributed by atoms with Crippen LogP contribution in [-0.4, -0.2) is 5.78 Å². The number of carbonyl (C=O) groups is 1. The highest BCUT2D eigenvalue weighted by molar-refractivity contribution is 5.88. The van der Waals surface area contributed by atoms with Crippen LogP contribution in [0.2, 0.25) is 0 Å². The van der Waals surface area contributed by atoms with E-state index in [0.29, 0.717) is 6.42 Å². The average Bonchev–Trinajstić information content (AvgIpc) is 2.51. The monoisotopic (exact) mass is 281 g/mol. The first-order valence-corrected chi connectivity index (χ1v) is 6.93. The van der Waals surface area contributed by atoms with E-state index in [4.69, 9.17) is 5.26 Å².